The van der Waals surface area contributed by atoms with Gasteiger partial charge in [-0.2, -0.15) is 0 Å². The Morgan fingerprint density at radius 1 is 1.11 bits per heavy atom. The first-order valence-corrected chi connectivity index (χ1v) is 8.05. The third kappa shape index (κ3) is 3.68. The topological polar surface area (TPSA) is 95.8 Å². The summed E-state index contributed by atoms with van der Waals surface area (Å²) in [6.07, 6.45) is -2.70. The number of alkyl halides is 2. The fourth-order valence-electron chi connectivity index (χ4n) is 2.99. The highest BCUT2D eigenvalue weighted by molar-refractivity contribution is 5.94. The Balaban J connectivity index is 2.88. The van der Waals surface area contributed by atoms with Crippen molar-refractivity contribution in [1.82, 2.24) is 4.98 Å². The molecule has 1 heterocycles. The molecule has 0 fully saturated rings. The Morgan fingerprint density at radius 2 is 1.78 bits per heavy atom. The Labute approximate surface area is 155 Å². The van der Waals surface area contributed by atoms with Crippen molar-refractivity contribution in [1.29, 1.82) is 0 Å². The van der Waals surface area contributed by atoms with E-state index in [2.05, 4.69) is 9.72 Å². The molecule has 148 valence electrons. The zero-order chi connectivity index (χ0) is 20.1. The minimum Gasteiger partial charge on any atom is -0.493 e. The van der Waals surface area contributed by atoms with Crippen LogP contribution >= 0.6 is 0 Å². The molecule has 0 saturated carbocycles. The van der Waals surface area contributed by atoms with Crippen molar-refractivity contribution >= 4 is 5.97 Å². The lowest BCUT2D eigenvalue weighted by atomic mass is 9.97. The average Bonchev–Trinajstić information content (AvgIpc) is 3.05. The number of H-pyrrole nitrogens is 1. The van der Waals surface area contributed by atoms with Crippen LogP contribution in [0.5, 0.6) is 17.2 Å². The van der Waals surface area contributed by atoms with Gasteiger partial charge in [0.1, 0.15) is 5.69 Å². The Hall–Kier alpha value is -2.81. The van der Waals surface area contributed by atoms with Gasteiger partial charge < -0.3 is 29.7 Å². The second-order valence-electron chi connectivity index (χ2n) is 5.48. The molecule has 0 amide bonds. The van der Waals surface area contributed by atoms with Crippen LogP contribution in [0.25, 0.3) is 11.1 Å². The summed E-state index contributed by atoms with van der Waals surface area (Å²) in [7, 11) is 5.38. The van der Waals surface area contributed by atoms with Gasteiger partial charge in [-0.05, 0) is 18.7 Å². The smallest absolute Gasteiger partial charge is 0.354 e. The molecule has 2 aromatic rings. The van der Waals surface area contributed by atoms with Gasteiger partial charge in [0.15, 0.2) is 11.5 Å². The van der Waals surface area contributed by atoms with Gasteiger partial charge in [-0.1, -0.05) is 0 Å². The quantitative estimate of drug-likeness (QED) is 0.680. The molecule has 7 nitrogen and oxygen atoms in total. The van der Waals surface area contributed by atoms with E-state index >= 15 is 0 Å². The average molecular weight is 384 g/mol. The second kappa shape index (κ2) is 8.72. The van der Waals surface area contributed by atoms with Gasteiger partial charge in [-0.25, -0.2) is 13.6 Å². The minimum atomic E-state index is -2.94. The molecule has 0 aliphatic heterocycles. The van der Waals surface area contributed by atoms with E-state index in [1.807, 2.05) is 0 Å². The second-order valence-corrected chi connectivity index (χ2v) is 5.48. The Kier molecular flexibility index (Phi) is 6.62. The number of benzene rings is 1. The molecule has 0 aliphatic rings. The number of nitrogens with one attached hydrogen (secondary N) is 1. The highest BCUT2D eigenvalue weighted by Crippen LogP contribution is 2.48. The molecule has 9 heteroatoms. The van der Waals surface area contributed by atoms with Gasteiger partial charge >= 0.3 is 5.97 Å². The highest BCUT2D eigenvalue weighted by Gasteiger charge is 2.31. The fourth-order valence-corrected chi connectivity index (χ4v) is 2.99. The number of hydrogen-bond acceptors (Lipinski definition) is 6. The van der Waals surface area contributed by atoms with Crippen molar-refractivity contribution in [2.24, 2.45) is 5.73 Å². The minimum absolute atomic E-state index is 0.133. The zero-order valence-corrected chi connectivity index (χ0v) is 15.5. The SMILES string of the molecule is COC(=O)c1[nH]c(CCN)c(-c2ccc(OC)c(OC)c2OC)c1C(F)F. The summed E-state index contributed by atoms with van der Waals surface area (Å²) >= 11 is 0. The molecule has 3 N–H and O–H groups in total. The number of esters is 1. The van der Waals surface area contributed by atoms with Crippen molar-refractivity contribution in [2.75, 3.05) is 35.0 Å². The van der Waals surface area contributed by atoms with E-state index in [0.29, 0.717) is 17.0 Å². The summed E-state index contributed by atoms with van der Waals surface area (Å²) in [4.78, 5) is 14.8. The molecule has 1 aromatic heterocycles. The maximum atomic E-state index is 13.9. The molecular weight excluding hydrogens is 362 g/mol. The molecule has 0 atom stereocenters. The fraction of sp³-hybridized carbons (Fsp3) is 0.389. The van der Waals surface area contributed by atoms with Crippen LogP contribution in [-0.4, -0.2) is 45.9 Å². The van der Waals surface area contributed by atoms with Crippen LogP contribution < -0.4 is 19.9 Å². The highest BCUT2D eigenvalue weighted by atomic mass is 19.3. The summed E-state index contributed by atoms with van der Waals surface area (Å²) in [5, 5.41) is 0. The van der Waals surface area contributed by atoms with Gasteiger partial charge in [0.25, 0.3) is 6.43 Å². The predicted molar refractivity (Wildman–Crippen MR) is 94.9 cm³/mol. The number of methoxy groups -OCH3 is 4. The maximum Gasteiger partial charge on any atom is 0.354 e. The number of aromatic amines is 1. The van der Waals surface area contributed by atoms with Crippen LogP contribution in [0.3, 0.4) is 0 Å². The van der Waals surface area contributed by atoms with Gasteiger partial charge in [-0.3, -0.25) is 0 Å². The zero-order valence-electron chi connectivity index (χ0n) is 15.5. The van der Waals surface area contributed by atoms with Crippen LogP contribution in [0.4, 0.5) is 8.78 Å². The first kappa shape index (κ1) is 20.5. The lowest BCUT2D eigenvalue weighted by Crippen LogP contribution is -2.06. The van der Waals surface area contributed by atoms with Crippen molar-refractivity contribution in [2.45, 2.75) is 12.8 Å². The van der Waals surface area contributed by atoms with E-state index in [4.69, 9.17) is 19.9 Å². The van der Waals surface area contributed by atoms with Crippen LogP contribution in [0.1, 0.15) is 28.2 Å². The van der Waals surface area contributed by atoms with E-state index in [-0.39, 0.29) is 35.7 Å². The van der Waals surface area contributed by atoms with Crippen LogP contribution in [0.15, 0.2) is 12.1 Å². The largest absolute Gasteiger partial charge is 0.493 e. The number of ether oxygens (including phenoxy) is 4. The molecular formula is C18H22F2N2O5. The number of nitrogens with two attached hydrogens (primary N) is 1. The predicted octanol–water partition coefficient (Wildman–Crippen LogP) is 2.93. The van der Waals surface area contributed by atoms with Crippen molar-refractivity contribution < 1.29 is 32.5 Å². The Bertz CT molecular complexity index is 821. The number of carbonyl (C=O) groups is 1. The van der Waals surface area contributed by atoms with E-state index in [0.717, 1.165) is 7.11 Å². The monoisotopic (exact) mass is 384 g/mol. The Morgan fingerprint density at radius 3 is 2.26 bits per heavy atom. The van der Waals surface area contributed by atoms with Gasteiger partial charge in [0.05, 0.1) is 34.0 Å². The van der Waals surface area contributed by atoms with Gasteiger partial charge in [0.2, 0.25) is 5.75 Å². The lowest BCUT2D eigenvalue weighted by molar-refractivity contribution is 0.0583. The van der Waals surface area contributed by atoms with Gasteiger partial charge in [0, 0.05) is 23.2 Å². The molecule has 0 radical (unpaired) electrons. The van der Waals surface area contributed by atoms with Crippen molar-refractivity contribution in [3.8, 4) is 28.4 Å². The normalized spacial score (nSPS) is 10.8. The summed E-state index contributed by atoms with van der Waals surface area (Å²) in [6, 6.07) is 3.14. The standard InChI is InChI=1S/C18H22F2N2O5/c1-24-11-6-5-9(15(25-2)16(11)26-3)12-10(7-8-21)22-14(18(23)27-4)13(12)17(19)20/h5-6,17,22H,7-8,21H2,1-4H3. The molecule has 0 bridgehead atoms. The van der Waals surface area contributed by atoms with Gasteiger partial charge in [-0.15, -0.1) is 0 Å². The first-order valence-electron chi connectivity index (χ1n) is 8.05. The molecule has 2 rings (SSSR count). The molecule has 0 spiro atoms. The summed E-state index contributed by atoms with van der Waals surface area (Å²) in [6.45, 7) is 0.187. The molecule has 0 unspecified atom stereocenters. The summed E-state index contributed by atoms with van der Waals surface area (Å²) < 4.78 is 48.5. The van der Waals surface area contributed by atoms with Crippen LogP contribution in [0.2, 0.25) is 0 Å². The number of halogens is 2. The van der Waals surface area contributed by atoms with E-state index < -0.39 is 18.0 Å². The van der Waals surface area contributed by atoms with Crippen molar-refractivity contribution in [3.63, 3.8) is 0 Å². The molecule has 1 aromatic carbocycles. The number of hydrogen-bond donors (Lipinski definition) is 2. The molecule has 27 heavy (non-hydrogen) atoms. The molecule has 0 aliphatic carbocycles. The lowest BCUT2D eigenvalue weighted by Gasteiger charge is -2.17. The van der Waals surface area contributed by atoms with Crippen LogP contribution in [-0.2, 0) is 11.2 Å². The number of carbonyl (C=O) groups excluding carboxylic acids is 1. The first-order chi connectivity index (χ1) is 12.9. The third-order valence-electron chi connectivity index (χ3n) is 4.09. The maximum absolute atomic E-state index is 13.9. The molecule has 0 saturated heterocycles. The van der Waals surface area contributed by atoms with E-state index in [1.54, 1.807) is 12.1 Å². The van der Waals surface area contributed by atoms with Crippen LogP contribution in [0, 0.1) is 0 Å². The number of rotatable bonds is 8. The third-order valence-corrected chi connectivity index (χ3v) is 4.09. The summed E-state index contributed by atoms with van der Waals surface area (Å²) in [5.41, 5.74) is 5.66. The van der Waals surface area contributed by atoms with Crippen molar-refractivity contribution in [3.05, 3.63) is 29.1 Å². The summed E-state index contributed by atoms with van der Waals surface area (Å²) in [5.74, 6) is -0.0697. The number of aromatic nitrogens is 1. The van der Waals surface area contributed by atoms with E-state index in [9.17, 15) is 13.6 Å². The van der Waals surface area contributed by atoms with E-state index in [1.165, 1.54) is 21.3 Å².